The topological polar surface area (TPSA) is 77.4 Å². The number of carbonyl (C=O) groups is 1. The molecule has 0 aliphatic carbocycles. The van der Waals surface area contributed by atoms with Crippen molar-refractivity contribution in [2.75, 3.05) is 25.6 Å². The fraction of sp³-hybridized carbons (Fsp3) is 0.333. The Morgan fingerprint density at radius 3 is 2.86 bits per heavy atom. The van der Waals surface area contributed by atoms with Gasteiger partial charge in [0, 0.05) is 26.6 Å². The fourth-order valence-electron chi connectivity index (χ4n) is 1.82. The Labute approximate surface area is 129 Å². The lowest BCUT2D eigenvalue weighted by atomic mass is 10.3. The highest BCUT2D eigenvalue weighted by molar-refractivity contribution is 5.90. The van der Waals surface area contributed by atoms with Gasteiger partial charge < -0.3 is 24.7 Å². The van der Waals surface area contributed by atoms with E-state index in [9.17, 15) is 4.79 Å². The summed E-state index contributed by atoms with van der Waals surface area (Å²) in [6, 6.07) is 6.94. The molecule has 0 bridgehead atoms. The lowest BCUT2D eigenvalue weighted by molar-refractivity contribution is 0.146. The molecular weight excluding hydrogens is 284 g/mol. The minimum Gasteiger partial charge on any atom is -0.489 e. The lowest BCUT2D eigenvalue weighted by Crippen LogP contribution is -2.29. The summed E-state index contributed by atoms with van der Waals surface area (Å²) >= 11 is 0. The highest BCUT2D eigenvalue weighted by atomic mass is 16.5. The Bertz CT molecular complexity index is 612. The zero-order valence-electron chi connectivity index (χ0n) is 12.7. The first-order chi connectivity index (χ1) is 10.7. The Balaban J connectivity index is 1.89. The maximum absolute atomic E-state index is 12.0. The Hall–Kier alpha value is -2.54. The zero-order chi connectivity index (χ0) is 15.8. The van der Waals surface area contributed by atoms with E-state index in [0.717, 1.165) is 5.82 Å². The second kappa shape index (κ2) is 8.04. The van der Waals surface area contributed by atoms with Gasteiger partial charge in [-0.2, -0.15) is 0 Å². The molecule has 1 aromatic carbocycles. The molecule has 1 heterocycles. The van der Waals surface area contributed by atoms with E-state index in [2.05, 4.69) is 15.6 Å². The molecule has 2 aromatic rings. The molecule has 1 aromatic heterocycles. The zero-order valence-corrected chi connectivity index (χ0v) is 12.7. The first kappa shape index (κ1) is 15.8. The first-order valence-electron chi connectivity index (χ1n) is 6.92. The number of benzene rings is 1. The number of methoxy groups -OCH3 is 1. The number of para-hydroxylation sites is 2. The molecule has 0 spiro atoms. The number of urea groups is 1. The molecule has 22 heavy (non-hydrogen) atoms. The number of nitrogens with one attached hydrogen (secondary N) is 2. The number of nitrogens with zero attached hydrogens (tertiary/aromatic N) is 2. The minimum atomic E-state index is -0.314. The number of aromatic nitrogens is 2. The molecule has 0 unspecified atom stereocenters. The normalized spacial score (nSPS) is 10.3. The number of aryl methyl sites for hydroxylation is 1. The van der Waals surface area contributed by atoms with E-state index in [-0.39, 0.29) is 6.03 Å². The Kier molecular flexibility index (Phi) is 5.79. The van der Waals surface area contributed by atoms with Crippen molar-refractivity contribution in [2.24, 2.45) is 7.05 Å². The van der Waals surface area contributed by atoms with Gasteiger partial charge in [0.15, 0.2) is 0 Å². The minimum absolute atomic E-state index is 0.314. The van der Waals surface area contributed by atoms with Crippen LogP contribution in [0.2, 0.25) is 0 Å². The summed E-state index contributed by atoms with van der Waals surface area (Å²) in [5.41, 5.74) is 0.607. The molecular formula is C15H20N4O3. The molecule has 0 aliphatic heterocycles. The monoisotopic (exact) mass is 304 g/mol. The number of hydrogen-bond acceptors (Lipinski definition) is 4. The third-order valence-corrected chi connectivity index (χ3v) is 3.01. The molecule has 0 aliphatic rings. The van der Waals surface area contributed by atoms with Crippen molar-refractivity contribution in [2.45, 2.75) is 6.54 Å². The van der Waals surface area contributed by atoms with Crippen LogP contribution in [0.1, 0.15) is 5.82 Å². The predicted molar refractivity (Wildman–Crippen MR) is 82.9 cm³/mol. The van der Waals surface area contributed by atoms with E-state index < -0.39 is 0 Å². The number of carbonyl (C=O) groups excluding carboxylic acids is 1. The maximum Gasteiger partial charge on any atom is 0.319 e. The Morgan fingerprint density at radius 2 is 2.14 bits per heavy atom. The molecule has 7 heteroatoms. The summed E-state index contributed by atoms with van der Waals surface area (Å²) in [5.74, 6) is 1.38. The number of anilines is 1. The van der Waals surface area contributed by atoms with Crippen LogP contribution in [0.3, 0.4) is 0 Å². The maximum atomic E-state index is 12.0. The largest absolute Gasteiger partial charge is 0.489 e. The molecule has 0 atom stereocenters. The van der Waals surface area contributed by atoms with Crippen LogP contribution in [0, 0.1) is 0 Å². The van der Waals surface area contributed by atoms with Crippen molar-refractivity contribution in [1.29, 1.82) is 0 Å². The molecule has 2 N–H and O–H groups in total. The van der Waals surface area contributed by atoms with Crippen molar-refractivity contribution in [3.63, 3.8) is 0 Å². The summed E-state index contributed by atoms with van der Waals surface area (Å²) in [5, 5.41) is 5.52. The van der Waals surface area contributed by atoms with Crippen LogP contribution in [0.4, 0.5) is 10.5 Å². The predicted octanol–water partition coefficient (Wildman–Crippen LogP) is 1.77. The van der Waals surface area contributed by atoms with Crippen molar-refractivity contribution < 1.29 is 14.3 Å². The second-order valence-corrected chi connectivity index (χ2v) is 4.60. The van der Waals surface area contributed by atoms with Crippen LogP contribution >= 0.6 is 0 Å². The SMILES string of the molecule is COCCOc1ccccc1NC(=O)NCc1nccn1C. The van der Waals surface area contributed by atoms with Gasteiger partial charge in [-0.3, -0.25) is 0 Å². The van der Waals surface area contributed by atoms with Crippen molar-refractivity contribution in [3.05, 3.63) is 42.5 Å². The van der Waals surface area contributed by atoms with Crippen LogP contribution in [0.15, 0.2) is 36.7 Å². The Morgan fingerprint density at radius 1 is 1.32 bits per heavy atom. The lowest BCUT2D eigenvalue weighted by Gasteiger charge is -2.12. The van der Waals surface area contributed by atoms with Gasteiger partial charge in [0.05, 0.1) is 18.8 Å². The van der Waals surface area contributed by atoms with Gasteiger partial charge in [0.2, 0.25) is 0 Å². The van der Waals surface area contributed by atoms with Gasteiger partial charge in [-0.25, -0.2) is 9.78 Å². The average molecular weight is 304 g/mol. The van der Waals surface area contributed by atoms with E-state index >= 15 is 0 Å². The smallest absolute Gasteiger partial charge is 0.319 e. The molecule has 0 fully saturated rings. The van der Waals surface area contributed by atoms with Crippen LogP contribution < -0.4 is 15.4 Å². The highest BCUT2D eigenvalue weighted by Gasteiger charge is 2.08. The van der Waals surface area contributed by atoms with Crippen molar-refractivity contribution in [1.82, 2.24) is 14.9 Å². The molecule has 118 valence electrons. The summed E-state index contributed by atoms with van der Waals surface area (Å²) in [6.45, 7) is 1.26. The van der Waals surface area contributed by atoms with E-state index in [0.29, 0.717) is 31.2 Å². The van der Waals surface area contributed by atoms with Gasteiger partial charge in [-0.15, -0.1) is 0 Å². The number of ether oxygens (including phenoxy) is 2. The average Bonchev–Trinajstić information content (AvgIpc) is 2.92. The van der Waals surface area contributed by atoms with Gasteiger partial charge in [0.25, 0.3) is 0 Å². The molecule has 2 rings (SSSR count). The number of imidazole rings is 1. The quantitative estimate of drug-likeness (QED) is 0.764. The molecule has 2 amide bonds. The molecule has 7 nitrogen and oxygen atoms in total. The van der Waals surface area contributed by atoms with Gasteiger partial charge in [0.1, 0.15) is 18.2 Å². The van der Waals surface area contributed by atoms with E-state index in [1.165, 1.54) is 0 Å². The van der Waals surface area contributed by atoms with Crippen molar-refractivity contribution >= 4 is 11.7 Å². The van der Waals surface area contributed by atoms with Crippen molar-refractivity contribution in [3.8, 4) is 5.75 Å². The molecule has 0 saturated carbocycles. The summed E-state index contributed by atoms with van der Waals surface area (Å²) < 4.78 is 12.4. The highest BCUT2D eigenvalue weighted by Crippen LogP contribution is 2.23. The van der Waals surface area contributed by atoms with Crippen LogP contribution in [0.5, 0.6) is 5.75 Å². The third kappa shape index (κ3) is 4.49. The summed E-state index contributed by atoms with van der Waals surface area (Å²) in [6.07, 6.45) is 3.52. The van der Waals surface area contributed by atoms with Gasteiger partial charge in [-0.05, 0) is 12.1 Å². The number of rotatable bonds is 7. The summed E-state index contributed by atoms with van der Waals surface area (Å²) in [4.78, 5) is 16.1. The van der Waals surface area contributed by atoms with Crippen LogP contribution in [-0.2, 0) is 18.3 Å². The fourth-order valence-corrected chi connectivity index (χ4v) is 1.82. The number of hydrogen-bond donors (Lipinski definition) is 2. The summed E-state index contributed by atoms with van der Waals surface area (Å²) in [7, 11) is 3.49. The van der Waals surface area contributed by atoms with Crippen LogP contribution in [0.25, 0.3) is 0 Å². The van der Waals surface area contributed by atoms with Gasteiger partial charge >= 0.3 is 6.03 Å². The molecule has 0 radical (unpaired) electrons. The van der Waals surface area contributed by atoms with Gasteiger partial charge in [-0.1, -0.05) is 12.1 Å². The van der Waals surface area contributed by atoms with Crippen LogP contribution in [-0.4, -0.2) is 35.9 Å². The second-order valence-electron chi connectivity index (χ2n) is 4.60. The van der Waals surface area contributed by atoms with E-state index in [1.54, 1.807) is 25.4 Å². The molecule has 0 saturated heterocycles. The number of amides is 2. The standard InChI is InChI=1S/C15H20N4O3/c1-19-8-7-16-14(19)11-17-15(20)18-12-5-3-4-6-13(12)22-10-9-21-2/h3-8H,9-11H2,1-2H3,(H2,17,18,20). The first-order valence-corrected chi connectivity index (χ1v) is 6.92. The van der Waals surface area contributed by atoms with E-state index in [1.807, 2.05) is 29.9 Å². The third-order valence-electron chi connectivity index (χ3n) is 3.01. The van der Waals surface area contributed by atoms with E-state index in [4.69, 9.17) is 9.47 Å².